The molecule has 0 spiro atoms. The minimum atomic E-state index is -0.0148. The molecule has 1 amide bonds. The van der Waals surface area contributed by atoms with E-state index in [9.17, 15) is 4.79 Å². The van der Waals surface area contributed by atoms with Crippen LogP contribution in [-0.4, -0.2) is 66.5 Å². The monoisotopic (exact) mass is 537 g/mol. The van der Waals surface area contributed by atoms with E-state index in [1.165, 1.54) is 0 Å². The summed E-state index contributed by atoms with van der Waals surface area (Å²) in [6.45, 7) is 6.91. The SMILES string of the molecule is CCCCNC(=O)c1ccc(CNC(=NC)N2CCN(c3ncccn3)CC2)cc1.I. The smallest absolute Gasteiger partial charge is 0.251 e. The Morgan fingerprint density at radius 1 is 1.06 bits per heavy atom. The summed E-state index contributed by atoms with van der Waals surface area (Å²) in [5, 5.41) is 6.37. The number of nitrogens with zero attached hydrogens (tertiary/aromatic N) is 5. The summed E-state index contributed by atoms with van der Waals surface area (Å²) >= 11 is 0. The Hall–Kier alpha value is -2.43. The molecule has 1 aliphatic heterocycles. The van der Waals surface area contributed by atoms with Gasteiger partial charge in [-0.1, -0.05) is 25.5 Å². The van der Waals surface area contributed by atoms with Gasteiger partial charge in [-0.25, -0.2) is 9.97 Å². The molecule has 2 aromatic rings. The lowest BCUT2D eigenvalue weighted by Crippen LogP contribution is -2.52. The molecule has 9 heteroatoms. The summed E-state index contributed by atoms with van der Waals surface area (Å²) in [5.74, 6) is 1.64. The van der Waals surface area contributed by atoms with Gasteiger partial charge in [0.2, 0.25) is 5.95 Å². The molecule has 0 unspecified atom stereocenters. The molecule has 168 valence electrons. The van der Waals surface area contributed by atoms with Gasteiger partial charge >= 0.3 is 0 Å². The summed E-state index contributed by atoms with van der Waals surface area (Å²) in [6.07, 6.45) is 5.62. The summed E-state index contributed by atoms with van der Waals surface area (Å²) in [6, 6.07) is 9.55. The van der Waals surface area contributed by atoms with Gasteiger partial charge in [-0.2, -0.15) is 0 Å². The van der Waals surface area contributed by atoms with Crippen molar-refractivity contribution < 1.29 is 4.79 Å². The number of benzene rings is 1. The lowest BCUT2D eigenvalue weighted by atomic mass is 10.1. The van der Waals surface area contributed by atoms with Crippen molar-refractivity contribution in [3.8, 4) is 0 Å². The van der Waals surface area contributed by atoms with Crippen LogP contribution in [0.5, 0.6) is 0 Å². The fourth-order valence-electron chi connectivity index (χ4n) is 3.34. The zero-order valence-corrected chi connectivity index (χ0v) is 20.6. The van der Waals surface area contributed by atoms with Crippen molar-refractivity contribution in [2.45, 2.75) is 26.3 Å². The third-order valence-electron chi connectivity index (χ3n) is 5.11. The Kier molecular flexibility index (Phi) is 10.5. The Labute approximate surface area is 201 Å². The van der Waals surface area contributed by atoms with Crippen molar-refractivity contribution in [2.75, 3.05) is 44.7 Å². The zero-order valence-electron chi connectivity index (χ0n) is 18.3. The molecule has 0 atom stereocenters. The first kappa shape index (κ1) is 24.8. The number of carbonyl (C=O) groups excluding carboxylic acids is 1. The normalized spacial score (nSPS) is 14.1. The summed E-state index contributed by atoms with van der Waals surface area (Å²) < 4.78 is 0. The van der Waals surface area contributed by atoms with E-state index in [4.69, 9.17) is 0 Å². The van der Waals surface area contributed by atoms with Gasteiger partial charge < -0.3 is 20.4 Å². The van der Waals surface area contributed by atoms with Gasteiger partial charge in [0, 0.05) is 64.3 Å². The van der Waals surface area contributed by atoms with Crippen LogP contribution in [0, 0.1) is 0 Å². The number of halogens is 1. The van der Waals surface area contributed by atoms with Crippen molar-refractivity contribution in [3.05, 3.63) is 53.9 Å². The number of guanidine groups is 1. The highest BCUT2D eigenvalue weighted by Gasteiger charge is 2.21. The van der Waals surface area contributed by atoms with Gasteiger partial charge in [0.1, 0.15) is 0 Å². The van der Waals surface area contributed by atoms with E-state index in [0.717, 1.165) is 63.0 Å². The van der Waals surface area contributed by atoms with E-state index in [2.05, 4.69) is 42.3 Å². The molecule has 2 N–H and O–H groups in total. The summed E-state index contributed by atoms with van der Waals surface area (Å²) in [7, 11) is 1.80. The second-order valence-corrected chi connectivity index (χ2v) is 7.23. The van der Waals surface area contributed by atoms with Crippen LogP contribution < -0.4 is 15.5 Å². The molecule has 2 heterocycles. The Balaban J connectivity index is 0.00000341. The summed E-state index contributed by atoms with van der Waals surface area (Å²) in [4.78, 5) is 29.6. The quantitative estimate of drug-likeness (QED) is 0.245. The fourth-order valence-corrected chi connectivity index (χ4v) is 3.34. The topological polar surface area (TPSA) is 85.8 Å². The highest BCUT2D eigenvalue weighted by molar-refractivity contribution is 14.0. The maximum Gasteiger partial charge on any atom is 0.251 e. The first-order valence-electron chi connectivity index (χ1n) is 10.6. The van der Waals surface area contributed by atoms with Gasteiger partial charge in [0.05, 0.1) is 0 Å². The fraction of sp³-hybridized carbons (Fsp3) is 0.455. The first-order valence-corrected chi connectivity index (χ1v) is 10.6. The molecule has 1 aromatic heterocycles. The lowest BCUT2D eigenvalue weighted by molar-refractivity contribution is 0.0953. The maximum absolute atomic E-state index is 12.1. The summed E-state index contributed by atoms with van der Waals surface area (Å²) in [5.41, 5.74) is 1.80. The predicted molar refractivity (Wildman–Crippen MR) is 135 cm³/mol. The number of unbranched alkanes of at least 4 members (excludes halogenated alkanes) is 1. The molecule has 1 fully saturated rings. The van der Waals surface area contributed by atoms with Gasteiger partial charge in [0.25, 0.3) is 5.91 Å². The van der Waals surface area contributed by atoms with Crippen LogP contribution in [0.1, 0.15) is 35.7 Å². The molecule has 1 aliphatic rings. The Morgan fingerprint density at radius 3 is 2.35 bits per heavy atom. The van der Waals surface area contributed by atoms with Gasteiger partial charge in [0.15, 0.2) is 5.96 Å². The van der Waals surface area contributed by atoms with E-state index in [-0.39, 0.29) is 29.9 Å². The van der Waals surface area contributed by atoms with Crippen LogP contribution in [0.25, 0.3) is 0 Å². The molecular formula is C22H32IN7O. The average molecular weight is 537 g/mol. The molecule has 0 aliphatic carbocycles. The van der Waals surface area contributed by atoms with E-state index in [1.54, 1.807) is 19.4 Å². The van der Waals surface area contributed by atoms with Crippen LogP contribution >= 0.6 is 24.0 Å². The van der Waals surface area contributed by atoms with E-state index < -0.39 is 0 Å². The average Bonchev–Trinajstić information content (AvgIpc) is 2.81. The van der Waals surface area contributed by atoms with Gasteiger partial charge in [-0.15, -0.1) is 24.0 Å². The Bertz CT molecular complexity index is 822. The second kappa shape index (κ2) is 13.1. The van der Waals surface area contributed by atoms with Crippen molar-refractivity contribution in [1.29, 1.82) is 0 Å². The molecule has 0 bridgehead atoms. The number of aromatic nitrogens is 2. The van der Waals surface area contributed by atoms with Gasteiger partial charge in [-0.3, -0.25) is 9.79 Å². The minimum absolute atomic E-state index is 0. The van der Waals surface area contributed by atoms with Crippen LogP contribution in [0.15, 0.2) is 47.7 Å². The number of hydrogen-bond acceptors (Lipinski definition) is 5. The number of nitrogens with one attached hydrogen (secondary N) is 2. The third-order valence-corrected chi connectivity index (χ3v) is 5.11. The van der Waals surface area contributed by atoms with Gasteiger partial charge in [-0.05, 0) is 30.2 Å². The van der Waals surface area contributed by atoms with Crippen molar-refractivity contribution in [1.82, 2.24) is 25.5 Å². The number of aliphatic imine (C=N–C) groups is 1. The highest BCUT2D eigenvalue weighted by Crippen LogP contribution is 2.10. The minimum Gasteiger partial charge on any atom is -0.352 e. The largest absolute Gasteiger partial charge is 0.352 e. The number of rotatable bonds is 7. The maximum atomic E-state index is 12.1. The molecule has 3 rings (SSSR count). The van der Waals surface area contributed by atoms with Crippen molar-refractivity contribution in [3.63, 3.8) is 0 Å². The highest BCUT2D eigenvalue weighted by atomic mass is 127. The molecule has 0 saturated carbocycles. The molecule has 1 saturated heterocycles. The first-order chi connectivity index (χ1) is 14.7. The van der Waals surface area contributed by atoms with Crippen LogP contribution in [-0.2, 0) is 6.54 Å². The van der Waals surface area contributed by atoms with Crippen LogP contribution in [0.3, 0.4) is 0 Å². The molecule has 8 nitrogen and oxygen atoms in total. The number of amides is 1. The molecule has 31 heavy (non-hydrogen) atoms. The Morgan fingerprint density at radius 2 is 1.74 bits per heavy atom. The predicted octanol–water partition coefficient (Wildman–Crippen LogP) is 2.52. The zero-order chi connectivity index (χ0) is 21.2. The van der Waals surface area contributed by atoms with E-state index in [0.29, 0.717) is 12.1 Å². The van der Waals surface area contributed by atoms with Crippen molar-refractivity contribution >= 4 is 41.8 Å². The molecular weight excluding hydrogens is 505 g/mol. The number of hydrogen-bond donors (Lipinski definition) is 2. The van der Waals surface area contributed by atoms with Crippen molar-refractivity contribution in [2.24, 2.45) is 4.99 Å². The molecule has 0 radical (unpaired) electrons. The van der Waals surface area contributed by atoms with E-state index in [1.807, 2.05) is 30.3 Å². The number of carbonyl (C=O) groups is 1. The third kappa shape index (κ3) is 7.34. The molecule has 1 aromatic carbocycles. The number of piperazine rings is 1. The lowest BCUT2D eigenvalue weighted by Gasteiger charge is -2.36. The van der Waals surface area contributed by atoms with E-state index >= 15 is 0 Å². The van der Waals surface area contributed by atoms with Crippen LogP contribution in [0.2, 0.25) is 0 Å². The number of anilines is 1. The second-order valence-electron chi connectivity index (χ2n) is 7.23. The standard InChI is InChI=1S/C22H31N7O.HI/c1-3-4-10-24-20(30)19-8-6-18(7-9-19)17-27-21(23-2)28-13-15-29(16-14-28)22-25-11-5-12-26-22;/h5-9,11-12H,3-4,10,13-17H2,1-2H3,(H,23,27)(H,24,30);1H. The van der Waals surface area contributed by atoms with Crippen LogP contribution in [0.4, 0.5) is 5.95 Å².